The SMILES string of the molecule is CN(C)CCCNC(=S)Nc1cccc(Nc2ccccc2)c1. The summed E-state index contributed by atoms with van der Waals surface area (Å²) < 4.78 is 0. The Morgan fingerprint density at radius 3 is 2.39 bits per heavy atom. The lowest BCUT2D eigenvalue weighted by atomic mass is 10.2. The Morgan fingerprint density at radius 1 is 0.957 bits per heavy atom. The number of nitrogens with zero attached hydrogens (tertiary/aromatic N) is 1. The van der Waals surface area contributed by atoms with Gasteiger partial charge in [-0.1, -0.05) is 24.3 Å². The number of thiocarbonyl (C=S) groups is 1. The lowest BCUT2D eigenvalue weighted by Crippen LogP contribution is -2.30. The summed E-state index contributed by atoms with van der Waals surface area (Å²) in [5.74, 6) is 0. The van der Waals surface area contributed by atoms with Gasteiger partial charge in [0.15, 0.2) is 5.11 Å². The van der Waals surface area contributed by atoms with Crippen LogP contribution in [-0.2, 0) is 0 Å². The van der Waals surface area contributed by atoms with Crippen LogP contribution in [0.1, 0.15) is 6.42 Å². The molecule has 2 aromatic rings. The van der Waals surface area contributed by atoms with Gasteiger partial charge in [0.05, 0.1) is 0 Å². The first-order chi connectivity index (χ1) is 11.1. The Balaban J connectivity index is 1.83. The van der Waals surface area contributed by atoms with E-state index in [2.05, 4.69) is 34.9 Å². The minimum absolute atomic E-state index is 0.653. The fourth-order valence-electron chi connectivity index (χ4n) is 2.14. The molecule has 0 radical (unpaired) electrons. The van der Waals surface area contributed by atoms with Crippen molar-refractivity contribution in [3.63, 3.8) is 0 Å². The number of hydrogen-bond acceptors (Lipinski definition) is 3. The normalized spacial score (nSPS) is 10.4. The zero-order valence-corrected chi connectivity index (χ0v) is 14.5. The third kappa shape index (κ3) is 6.67. The molecule has 0 aliphatic carbocycles. The second kappa shape index (κ2) is 9.12. The molecule has 0 fully saturated rings. The van der Waals surface area contributed by atoms with E-state index in [0.29, 0.717) is 5.11 Å². The maximum Gasteiger partial charge on any atom is 0.170 e. The van der Waals surface area contributed by atoms with Crippen molar-refractivity contribution in [1.29, 1.82) is 0 Å². The largest absolute Gasteiger partial charge is 0.362 e. The van der Waals surface area contributed by atoms with Gasteiger partial charge in [-0.3, -0.25) is 0 Å². The van der Waals surface area contributed by atoms with Gasteiger partial charge in [-0.15, -0.1) is 0 Å². The molecule has 2 rings (SSSR count). The number of rotatable bonds is 7. The molecule has 0 aromatic heterocycles. The monoisotopic (exact) mass is 328 g/mol. The van der Waals surface area contributed by atoms with Crippen LogP contribution < -0.4 is 16.0 Å². The number of para-hydroxylation sites is 1. The van der Waals surface area contributed by atoms with Gasteiger partial charge in [0.25, 0.3) is 0 Å². The van der Waals surface area contributed by atoms with Gasteiger partial charge < -0.3 is 20.9 Å². The van der Waals surface area contributed by atoms with Crippen LogP contribution >= 0.6 is 12.2 Å². The van der Waals surface area contributed by atoms with Crippen LogP contribution in [0, 0.1) is 0 Å². The standard InChI is InChI=1S/C18H24N4S/c1-22(2)13-7-12-19-18(23)21-17-11-6-10-16(14-17)20-15-8-4-3-5-9-15/h3-6,8-11,14,20H,7,12-13H2,1-2H3,(H2,19,21,23). The van der Waals surface area contributed by atoms with Crippen LogP contribution in [0.4, 0.5) is 17.1 Å². The van der Waals surface area contributed by atoms with Crippen molar-refractivity contribution in [2.75, 3.05) is 37.8 Å². The highest BCUT2D eigenvalue weighted by molar-refractivity contribution is 7.80. The molecular weight excluding hydrogens is 304 g/mol. The predicted molar refractivity (Wildman–Crippen MR) is 104 cm³/mol. The zero-order chi connectivity index (χ0) is 16.5. The Bertz CT molecular complexity index is 613. The van der Waals surface area contributed by atoms with E-state index in [-0.39, 0.29) is 0 Å². The van der Waals surface area contributed by atoms with Crippen molar-refractivity contribution in [2.45, 2.75) is 6.42 Å². The van der Waals surface area contributed by atoms with Gasteiger partial charge in [0, 0.05) is 23.6 Å². The van der Waals surface area contributed by atoms with Crippen LogP contribution in [0.3, 0.4) is 0 Å². The molecule has 2 aromatic carbocycles. The molecule has 0 saturated heterocycles. The van der Waals surface area contributed by atoms with E-state index in [9.17, 15) is 0 Å². The summed E-state index contributed by atoms with van der Waals surface area (Å²) in [6, 6.07) is 18.2. The highest BCUT2D eigenvalue weighted by Crippen LogP contribution is 2.19. The molecule has 0 unspecified atom stereocenters. The van der Waals surface area contributed by atoms with E-state index >= 15 is 0 Å². The summed E-state index contributed by atoms with van der Waals surface area (Å²) in [4.78, 5) is 2.16. The van der Waals surface area contributed by atoms with Gasteiger partial charge in [0.1, 0.15) is 0 Å². The maximum absolute atomic E-state index is 5.33. The Morgan fingerprint density at radius 2 is 1.65 bits per heavy atom. The molecule has 122 valence electrons. The van der Waals surface area contributed by atoms with E-state index in [1.54, 1.807) is 0 Å². The third-order valence-electron chi connectivity index (χ3n) is 3.25. The number of hydrogen-bond donors (Lipinski definition) is 3. The van der Waals surface area contributed by atoms with E-state index in [4.69, 9.17) is 12.2 Å². The van der Waals surface area contributed by atoms with Gasteiger partial charge in [-0.25, -0.2) is 0 Å². The van der Waals surface area contributed by atoms with E-state index in [0.717, 1.165) is 36.6 Å². The van der Waals surface area contributed by atoms with Crippen LogP contribution in [0.15, 0.2) is 54.6 Å². The molecule has 0 aliphatic heterocycles. The molecule has 0 spiro atoms. The molecule has 0 aliphatic rings. The van der Waals surface area contributed by atoms with Crippen molar-refractivity contribution in [3.05, 3.63) is 54.6 Å². The molecule has 5 heteroatoms. The molecule has 23 heavy (non-hydrogen) atoms. The molecule has 0 bridgehead atoms. The molecule has 0 heterocycles. The van der Waals surface area contributed by atoms with Gasteiger partial charge in [0.2, 0.25) is 0 Å². The van der Waals surface area contributed by atoms with Gasteiger partial charge in [-0.2, -0.15) is 0 Å². The smallest absolute Gasteiger partial charge is 0.170 e. The molecule has 4 nitrogen and oxygen atoms in total. The van der Waals surface area contributed by atoms with Crippen molar-refractivity contribution >= 4 is 34.4 Å². The van der Waals surface area contributed by atoms with Crippen molar-refractivity contribution in [1.82, 2.24) is 10.2 Å². The Kier molecular flexibility index (Phi) is 6.84. The van der Waals surface area contributed by atoms with Crippen molar-refractivity contribution in [3.8, 4) is 0 Å². The summed E-state index contributed by atoms with van der Waals surface area (Å²) >= 11 is 5.33. The molecule has 0 amide bonds. The van der Waals surface area contributed by atoms with Crippen LogP contribution in [0.5, 0.6) is 0 Å². The van der Waals surface area contributed by atoms with E-state index < -0.39 is 0 Å². The second-order valence-electron chi connectivity index (χ2n) is 5.61. The average molecular weight is 328 g/mol. The Hall–Kier alpha value is -2.11. The highest BCUT2D eigenvalue weighted by atomic mass is 32.1. The molecule has 0 atom stereocenters. The summed E-state index contributed by atoms with van der Waals surface area (Å²) in [6.07, 6.45) is 1.06. The van der Waals surface area contributed by atoms with Crippen LogP contribution in [0.25, 0.3) is 0 Å². The first-order valence-electron chi connectivity index (χ1n) is 7.75. The lowest BCUT2D eigenvalue weighted by molar-refractivity contribution is 0.400. The quantitative estimate of drug-likeness (QED) is 0.534. The van der Waals surface area contributed by atoms with Crippen LogP contribution in [0.2, 0.25) is 0 Å². The van der Waals surface area contributed by atoms with Gasteiger partial charge >= 0.3 is 0 Å². The Labute approximate surface area is 143 Å². The third-order valence-corrected chi connectivity index (χ3v) is 3.50. The predicted octanol–water partition coefficient (Wildman–Crippen LogP) is 3.67. The molecular formula is C18H24N4S. The average Bonchev–Trinajstić information content (AvgIpc) is 2.53. The fraction of sp³-hybridized carbons (Fsp3) is 0.278. The van der Waals surface area contributed by atoms with Crippen molar-refractivity contribution in [2.24, 2.45) is 0 Å². The molecule has 0 saturated carbocycles. The van der Waals surface area contributed by atoms with E-state index in [1.807, 2.05) is 54.6 Å². The topological polar surface area (TPSA) is 39.3 Å². The highest BCUT2D eigenvalue weighted by Gasteiger charge is 2.00. The summed E-state index contributed by atoms with van der Waals surface area (Å²) in [5, 5.41) is 10.5. The van der Waals surface area contributed by atoms with Crippen molar-refractivity contribution < 1.29 is 0 Å². The first-order valence-corrected chi connectivity index (χ1v) is 8.16. The lowest BCUT2D eigenvalue weighted by Gasteiger charge is -2.13. The first kappa shape index (κ1) is 17.2. The fourth-order valence-corrected chi connectivity index (χ4v) is 2.36. The summed E-state index contributed by atoms with van der Waals surface area (Å²) in [5.41, 5.74) is 3.06. The van der Waals surface area contributed by atoms with E-state index in [1.165, 1.54) is 0 Å². The second-order valence-corrected chi connectivity index (χ2v) is 6.02. The molecule has 3 N–H and O–H groups in total. The minimum Gasteiger partial charge on any atom is -0.362 e. The maximum atomic E-state index is 5.33. The summed E-state index contributed by atoms with van der Waals surface area (Å²) in [6.45, 7) is 1.91. The number of nitrogens with one attached hydrogen (secondary N) is 3. The zero-order valence-electron chi connectivity index (χ0n) is 13.7. The number of benzene rings is 2. The summed E-state index contributed by atoms with van der Waals surface area (Å²) in [7, 11) is 4.14. The van der Waals surface area contributed by atoms with Gasteiger partial charge in [-0.05, 0) is 69.6 Å². The minimum atomic E-state index is 0.653. The number of anilines is 3. The van der Waals surface area contributed by atoms with Crippen LogP contribution in [-0.4, -0.2) is 37.2 Å².